The van der Waals surface area contributed by atoms with Crippen LogP contribution in [-0.2, 0) is 16.6 Å². The monoisotopic (exact) mass is 377 g/mol. The summed E-state index contributed by atoms with van der Waals surface area (Å²) in [6, 6.07) is 6.84. The van der Waals surface area contributed by atoms with Gasteiger partial charge in [-0.1, -0.05) is 26.0 Å². The number of rotatable bonds is 8. The number of halogens is 1. The molecule has 1 atom stereocenters. The summed E-state index contributed by atoms with van der Waals surface area (Å²) in [5.41, 5.74) is 6.62. The molecule has 8 heteroatoms. The maximum absolute atomic E-state index is 12.3. The van der Waals surface area contributed by atoms with Gasteiger partial charge in [-0.25, -0.2) is 13.1 Å². The molecule has 1 amide bonds. The highest BCUT2D eigenvalue weighted by Crippen LogP contribution is 2.16. The van der Waals surface area contributed by atoms with E-state index in [0.29, 0.717) is 12.1 Å². The van der Waals surface area contributed by atoms with Gasteiger partial charge in [-0.3, -0.25) is 4.79 Å². The SMILES string of the molecule is CCS(=O)(=O)NCc1ccc(C(=O)NC(C)(CN)C(C)C)cc1.Cl. The molecule has 0 aromatic heterocycles. The summed E-state index contributed by atoms with van der Waals surface area (Å²) in [7, 11) is -3.22. The number of hydrogen-bond donors (Lipinski definition) is 3. The Balaban J connectivity index is 0.00000529. The van der Waals surface area contributed by atoms with Crippen LogP contribution < -0.4 is 15.8 Å². The van der Waals surface area contributed by atoms with Crippen LogP contribution in [0.5, 0.6) is 0 Å². The summed E-state index contributed by atoms with van der Waals surface area (Å²) >= 11 is 0. The molecule has 0 spiro atoms. The molecule has 0 saturated carbocycles. The first-order valence-corrected chi connectivity index (χ1v) is 9.37. The molecule has 0 aliphatic carbocycles. The summed E-state index contributed by atoms with van der Waals surface area (Å²) in [5, 5.41) is 2.97. The van der Waals surface area contributed by atoms with Crippen LogP contribution in [0.2, 0.25) is 0 Å². The van der Waals surface area contributed by atoms with E-state index in [0.717, 1.165) is 5.56 Å². The fraction of sp³-hybridized carbons (Fsp3) is 0.562. The van der Waals surface area contributed by atoms with E-state index in [1.807, 2.05) is 20.8 Å². The minimum absolute atomic E-state index is 0. The molecule has 0 aliphatic rings. The predicted molar refractivity (Wildman–Crippen MR) is 99.8 cm³/mol. The lowest BCUT2D eigenvalue weighted by molar-refractivity contribution is 0.0883. The number of sulfonamides is 1. The van der Waals surface area contributed by atoms with Crippen LogP contribution in [0.1, 0.15) is 43.6 Å². The highest BCUT2D eigenvalue weighted by atomic mass is 35.5. The Hall–Kier alpha value is -1.15. The normalized spacial score (nSPS) is 13.9. The van der Waals surface area contributed by atoms with Crippen molar-refractivity contribution in [2.24, 2.45) is 11.7 Å². The molecule has 0 saturated heterocycles. The fourth-order valence-corrected chi connectivity index (χ4v) is 2.42. The molecule has 0 aliphatic heterocycles. The van der Waals surface area contributed by atoms with Crippen LogP contribution in [0.25, 0.3) is 0 Å². The summed E-state index contributed by atoms with van der Waals surface area (Å²) in [4.78, 5) is 12.3. The van der Waals surface area contributed by atoms with Crippen molar-refractivity contribution >= 4 is 28.3 Å². The minimum Gasteiger partial charge on any atom is -0.345 e. The van der Waals surface area contributed by atoms with Crippen molar-refractivity contribution in [1.82, 2.24) is 10.0 Å². The summed E-state index contributed by atoms with van der Waals surface area (Å²) in [6.45, 7) is 8.09. The molecule has 1 aromatic carbocycles. The van der Waals surface area contributed by atoms with Crippen LogP contribution >= 0.6 is 12.4 Å². The van der Waals surface area contributed by atoms with Crippen molar-refractivity contribution in [2.45, 2.75) is 39.8 Å². The Morgan fingerprint density at radius 3 is 2.21 bits per heavy atom. The van der Waals surface area contributed by atoms with Gasteiger partial charge >= 0.3 is 0 Å². The van der Waals surface area contributed by atoms with Gasteiger partial charge in [0, 0.05) is 18.7 Å². The number of nitrogens with one attached hydrogen (secondary N) is 2. The lowest BCUT2D eigenvalue weighted by atomic mass is 9.88. The van der Waals surface area contributed by atoms with Crippen LogP contribution in [0, 0.1) is 5.92 Å². The van der Waals surface area contributed by atoms with Crippen LogP contribution in [0.4, 0.5) is 0 Å². The standard InChI is InChI=1S/C16H27N3O3S.ClH/c1-5-23(21,22)18-10-13-6-8-14(9-7-13)15(20)19-16(4,11-17)12(2)3;/h6-9,12,18H,5,10-11,17H2,1-4H3,(H,19,20);1H. The first kappa shape index (κ1) is 22.9. The Kier molecular flexibility index (Phi) is 8.91. The maximum Gasteiger partial charge on any atom is 0.251 e. The number of amides is 1. The Bertz CT molecular complexity index is 632. The third-order valence-electron chi connectivity index (χ3n) is 4.19. The molecular formula is C16H28ClN3O3S. The number of carbonyl (C=O) groups excluding carboxylic acids is 1. The zero-order valence-corrected chi connectivity index (χ0v) is 16.3. The summed E-state index contributed by atoms with van der Waals surface area (Å²) in [5.74, 6) is 0.0619. The maximum atomic E-state index is 12.3. The van der Waals surface area contributed by atoms with Gasteiger partial charge in [0.1, 0.15) is 0 Å². The number of nitrogens with two attached hydrogens (primary N) is 1. The second-order valence-electron chi connectivity index (χ2n) is 6.15. The Morgan fingerprint density at radius 1 is 1.25 bits per heavy atom. The molecule has 4 N–H and O–H groups in total. The first-order chi connectivity index (χ1) is 10.6. The van der Waals surface area contributed by atoms with E-state index >= 15 is 0 Å². The van der Waals surface area contributed by atoms with Crippen molar-refractivity contribution in [3.63, 3.8) is 0 Å². The molecule has 1 rings (SSSR count). The third-order valence-corrected chi connectivity index (χ3v) is 5.53. The molecule has 0 heterocycles. The molecule has 1 aromatic rings. The van der Waals surface area contributed by atoms with Crippen LogP contribution in [-0.4, -0.2) is 32.2 Å². The zero-order chi connectivity index (χ0) is 17.7. The van der Waals surface area contributed by atoms with E-state index in [-0.39, 0.29) is 36.5 Å². The highest BCUT2D eigenvalue weighted by Gasteiger charge is 2.28. The molecule has 0 radical (unpaired) electrons. The van der Waals surface area contributed by atoms with Crippen molar-refractivity contribution in [3.8, 4) is 0 Å². The number of benzene rings is 1. The number of carbonyl (C=O) groups is 1. The second kappa shape index (κ2) is 9.36. The van der Waals surface area contributed by atoms with Gasteiger partial charge in [0.05, 0.1) is 11.3 Å². The van der Waals surface area contributed by atoms with E-state index in [9.17, 15) is 13.2 Å². The van der Waals surface area contributed by atoms with E-state index in [2.05, 4.69) is 10.0 Å². The van der Waals surface area contributed by atoms with Crippen molar-refractivity contribution < 1.29 is 13.2 Å². The van der Waals surface area contributed by atoms with Crippen LogP contribution in [0.3, 0.4) is 0 Å². The van der Waals surface area contributed by atoms with Crippen LogP contribution in [0.15, 0.2) is 24.3 Å². The van der Waals surface area contributed by atoms with E-state index in [1.165, 1.54) is 0 Å². The Morgan fingerprint density at radius 2 is 1.79 bits per heavy atom. The van der Waals surface area contributed by atoms with Crippen molar-refractivity contribution in [1.29, 1.82) is 0 Å². The van der Waals surface area contributed by atoms with E-state index in [1.54, 1.807) is 31.2 Å². The topological polar surface area (TPSA) is 101 Å². The van der Waals surface area contributed by atoms with Gasteiger partial charge in [-0.2, -0.15) is 0 Å². The molecule has 0 fully saturated rings. The van der Waals surface area contributed by atoms with E-state index < -0.39 is 15.6 Å². The van der Waals surface area contributed by atoms with Gasteiger partial charge in [-0.05, 0) is 37.5 Å². The minimum atomic E-state index is -3.22. The number of hydrogen-bond acceptors (Lipinski definition) is 4. The smallest absolute Gasteiger partial charge is 0.251 e. The fourth-order valence-electron chi connectivity index (χ4n) is 1.83. The second-order valence-corrected chi connectivity index (χ2v) is 8.25. The molecule has 24 heavy (non-hydrogen) atoms. The third kappa shape index (κ3) is 6.39. The van der Waals surface area contributed by atoms with Gasteiger partial charge in [-0.15, -0.1) is 12.4 Å². The zero-order valence-electron chi connectivity index (χ0n) is 14.6. The van der Waals surface area contributed by atoms with Crippen molar-refractivity contribution in [2.75, 3.05) is 12.3 Å². The van der Waals surface area contributed by atoms with Gasteiger partial charge < -0.3 is 11.1 Å². The average molecular weight is 378 g/mol. The summed E-state index contributed by atoms with van der Waals surface area (Å²) in [6.07, 6.45) is 0. The average Bonchev–Trinajstić information content (AvgIpc) is 2.53. The van der Waals surface area contributed by atoms with Crippen molar-refractivity contribution in [3.05, 3.63) is 35.4 Å². The van der Waals surface area contributed by atoms with Gasteiger partial charge in [0.15, 0.2) is 0 Å². The lowest BCUT2D eigenvalue weighted by Gasteiger charge is -2.33. The first-order valence-electron chi connectivity index (χ1n) is 7.72. The summed E-state index contributed by atoms with van der Waals surface area (Å²) < 4.78 is 25.3. The molecule has 1 unspecified atom stereocenters. The lowest BCUT2D eigenvalue weighted by Crippen LogP contribution is -2.55. The molecule has 138 valence electrons. The van der Waals surface area contributed by atoms with Gasteiger partial charge in [0.25, 0.3) is 5.91 Å². The van der Waals surface area contributed by atoms with E-state index in [4.69, 9.17) is 5.73 Å². The predicted octanol–water partition coefficient (Wildman–Crippen LogP) is 1.65. The van der Waals surface area contributed by atoms with Gasteiger partial charge in [0.2, 0.25) is 10.0 Å². The molecule has 6 nitrogen and oxygen atoms in total. The molecular weight excluding hydrogens is 350 g/mol. The molecule has 0 bridgehead atoms. The quantitative estimate of drug-likeness (QED) is 0.641. The Labute approximate surface area is 151 Å². The highest BCUT2D eigenvalue weighted by molar-refractivity contribution is 7.89. The largest absolute Gasteiger partial charge is 0.345 e.